The van der Waals surface area contributed by atoms with E-state index in [1.165, 1.54) is 12.8 Å². The summed E-state index contributed by atoms with van der Waals surface area (Å²) in [6, 6.07) is 0.0537. The van der Waals surface area contributed by atoms with Crippen LogP contribution in [0.5, 0.6) is 0 Å². The van der Waals surface area contributed by atoms with Crippen LogP contribution in [0.2, 0.25) is 0 Å². The second-order valence-corrected chi connectivity index (χ2v) is 3.36. The number of carbonyl (C=O) groups excluding carboxylic acids is 1. The van der Waals surface area contributed by atoms with Gasteiger partial charge in [0.15, 0.2) is 0 Å². The molecule has 0 bridgehead atoms. The van der Waals surface area contributed by atoms with Crippen molar-refractivity contribution in [1.29, 1.82) is 0 Å². The molecule has 0 radical (unpaired) electrons. The number of nitrogens with one attached hydrogen (secondary N) is 1. The maximum Gasteiger partial charge on any atom is 0.317 e. The highest BCUT2D eigenvalue weighted by Crippen LogP contribution is 1.96. The molecule has 1 N–H and O–H groups in total. The molecular formula is C10H22N2O. The number of nitrogens with zero attached hydrogens (tertiary/aromatic N) is 1. The zero-order valence-corrected chi connectivity index (χ0v) is 9.10. The summed E-state index contributed by atoms with van der Waals surface area (Å²) in [5.41, 5.74) is 0. The minimum absolute atomic E-state index is 0.0537. The van der Waals surface area contributed by atoms with Gasteiger partial charge in [-0.1, -0.05) is 26.7 Å². The maximum absolute atomic E-state index is 11.3. The number of unbranched alkanes of at least 4 members (excludes halogenated alkanes) is 2. The molecule has 0 spiro atoms. The summed E-state index contributed by atoms with van der Waals surface area (Å²) in [6.45, 7) is 5.86. The average Bonchev–Trinajstić information content (AvgIpc) is 2.14. The van der Waals surface area contributed by atoms with E-state index in [2.05, 4.69) is 19.2 Å². The Bertz CT molecular complexity index is 137. The molecule has 0 aliphatic rings. The fraction of sp³-hybridized carbons (Fsp3) is 0.900. The number of amides is 2. The normalized spacial score (nSPS) is 9.77. The van der Waals surface area contributed by atoms with E-state index in [4.69, 9.17) is 0 Å². The quantitative estimate of drug-likeness (QED) is 0.634. The Balaban J connectivity index is 3.45. The molecule has 0 fully saturated rings. The molecule has 0 heterocycles. The molecule has 0 aliphatic carbocycles. The molecule has 3 nitrogen and oxygen atoms in total. The molecule has 0 atom stereocenters. The van der Waals surface area contributed by atoms with Gasteiger partial charge in [0.25, 0.3) is 0 Å². The summed E-state index contributed by atoms with van der Waals surface area (Å²) in [5.74, 6) is 0. The molecule has 13 heavy (non-hydrogen) atoms. The van der Waals surface area contributed by atoms with Gasteiger partial charge in [0.1, 0.15) is 0 Å². The van der Waals surface area contributed by atoms with E-state index in [0.717, 1.165) is 25.9 Å². The first kappa shape index (κ1) is 12.3. The van der Waals surface area contributed by atoms with Crippen LogP contribution in [0, 0.1) is 0 Å². The van der Waals surface area contributed by atoms with Crippen molar-refractivity contribution in [1.82, 2.24) is 10.2 Å². The first-order valence-corrected chi connectivity index (χ1v) is 5.21. The Labute approximate surface area is 81.5 Å². The maximum atomic E-state index is 11.3. The standard InChI is InChI=1S/C10H22N2O/c1-4-6-7-9-12(3)10(13)11-8-5-2/h4-9H2,1-3H3,(H,11,13). The second-order valence-electron chi connectivity index (χ2n) is 3.36. The van der Waals surface area contributed by atoms with Crippen LogP contribution in [0.4, 0.5) is 4.79 Å². The predicted octanol–water partition coefficient (Wildman–Crippen LogP) is 2.23. The molecule has 0 aromatic heterocycles. The Kier molecular flexibility index (Phi) is 7.45. The number of rotatable bonds is 6. The smallest absolute Gasteiger partial charge is 0.317 e. The molecule has 0 saturated carbocycles. The highest BCUT2D eigenvalue weighted by Gasteiger charge is 2.05. The van der Waals surface area contributed by atoms with Crippen LogP contribution in [0.1, 0.15) is 39.5 Å². The fourth-order valence-electron chi connectivity index (χ4n) is 1.07. The monoisotopic (exact) mass is 186 g/mol. The summed E-state index contributed by atoms with van der Waals surface area (Å²) >= 11 is 0. The van der Waals surface area contributed by atoms with E-state index in [0.29, 0.717) is 0 Å². The Morgan fingerprint density at radius 1 is 1.23 bits per heavy atom. The molecule has 78 valence electrons. The fourth-order valence-corrected chi connectivity index (χ4v) is 1.07. The highest BCUT2D eigenvalue weighted by atomic mass is 16.2. The van der Waals surface area contributed by atoms with E-state index >= 15 is 0 Å². The SMILES string of the molecule is CCCCCN(C)C(=O)NCCC. The number of hydrogen-bond donors (Lipinski definition) is 1. The highest BCUT2D eigenvalue weighted by molar-refractivity contribution is 5.73. The van der Waals surface area contributed by atoms with Gasteiger partial charge in [-0.25, -0.2) is 4.79 Å². The lowest BCUT2D eigenvalue weighted by Gasteiger charge is -2.17. The van der Waals surface area contributed by atoms with Crippen molar-refractivity contribution in [2.24, 2.45) is 0 Å². The summed E-state index contributed by atoms with van der Waals surface area (Å²) in [7, 11) is 1.85. The van der Waals surface area contributed by atoms with Gasteiger partial charge < -0.3 is 10.2 Å². The lowest BCUT2D eigenvalue weighted by molar-refractivity contribution is 0.208. The summed E-state index contributed by atoms with van der Waals surface area (Å²) in [4.78, 5) is 13.1. The Morgan fingerprint density at radius 3 is 2.46 bits per heavy atom. The molecule has 0 rings (SSSR count). The number of urea groups is 1. The zero-order chi connectivity index (χ0) is 10.1. The van der Waals surface area contributed by atoms with Crippen LogP contribution in [0.25, 0.3) is 0 Å². The number of hydrogen-bond acceptors (Lipinski definition) is 1. The Morgan fingerprint density at radius 2 is 1.92 bits per heavy atom. The molecule has 0 unspecified atom stereocenters. The van der Waals surface area contributed by atoms with Crippen LogP contribution in [-0.4, -0.2) is 31.1 Å². The lowest BCUT2D eigenvalue weighted by Crippen LogP contribution is -2.38. The van der Waals surface area contributed by atoms with E-state index in [-0.39, 0.29) is 6.03 Å². The molecule has 0 aliphatic heterocycles. The van der Waals surface area contributed by atoms with Gasteiger partial charge in [0.05, 0.1) is 0 Å². The van der Waals surface area contributed by atoms with Crippen molar-refractivity contribution in [2.75, 3.05) is 20.1 Å². The lowest BCUT2D eigenvalue weighted by atomic mass is 10.2. The van der Waals surface area contributed by atoms with Gasteiger partial charge in [-0.3, -0.25) is 0 Å². The van der Waals surface area contributed by atoms with Crippen LogP contribution < -0.4 is 5.32 Å². The van der Waals surface area contributed by atoms with Crippen LogP contribution in [0.15, 0.2) is 0 Å². The van der Waals surface area contributed by atoms with Gasteiger partial charge in [-0.05, 0) is 12.8 Å². The average molecular weight is 186 g/mol. The second kappa shape index (κ2) is 7.90. The van der Waals surface area contributed by atoms with Crippen molar-refractivity contribution in [3.63, 3.8) is 0 Å². The van der Waals surface area contributed by atoms with Gasteiger partial charge in [0, 0.05) is 20.1 Å². The van der Waals surface area contributed by atoms with Crippen LogP contribution in [0.3, 0.4) is 0 Å². The van der Waals surface area contributed by atoms with Crippen molar-refractivity contribution < 1.29 is 4.79 Å². The Hall–Kier alpha value is -0.730. The molecule has 3 heteroatoms. The van der Waals surface area contributed by atoms with E-state index < -0.39 is 0 Å². The van der Waals surface area contributed by atoms with E-state index in [9.17, 15) is 4.79 Å². The molecule has 0 aromatic rings. The third-order valence-corrected chi connectivity index (χ3v) is 1.97. The minimum Gasteiger partial charge on any atom is -0.338 e. The van der Waals surface area contributed by atoms with Gasteiger partial charge in [0.2, 0.25) is 0 Å². The molecule has 0 saturated heterocycles. The third kappa shape index (κ3) is 6.43. The van der Waals surface area contributed by atoms with Gasteiger partial charge in [-0.15, -0.1) is 0 Å². The third-order valence-electron chi connectivity index (χ3n) is 1.97. The first-order chi connectivity index (χ1) is 6.22. The summed E-state index contributed by atoms with van der Waals surface area (Å²) < 4.78 is 0. The van der Waals surface area contributed by atoms with Crippen molar-refractivity contribution in [3.05, 3.63) is 0 Å². The summed E-state index contributed by atoms with van der Waals surface area (Å²) in [5, 5.41) is 2.85. The molecular weight excluding hydrogens is 164 g/mol. The zero-order valence-electron chi connectivity index (χ0n) is 9.10. The molecule has 0 aromatic carbocycles. The van der Waals surface area contributed by atoms with Gasteiger partial charge >= 0.3 is 6.03 Å². The van der Waals surface area contributed by atoms with E-state index in [1.54, 1.807) is 4.90 Å². The predicted molar refractivity (Wildman–Crippen MR) is 55.8 cm³/mol. The van der Waals surface area contributed by atoms with E-state index in [1.807, 2.05) is 7.05 Å². The van der Waals surface area contributed by atoms with Gasteiger partial charge in [-0.2, -0.15) is 0 Å². The minimum atomic E-state index is 0.0537. The largest absolute Gasteiger partial charge is 0.338 e. The topological polar surface area (TPSA) is 32.3 Å². The number of carbonyl (C=O) groups is 1. The van der Waals surface area contributed by atoms with Crippen LogP contribution >= 0.6 is 0 Å². The van der Waals surface area contributed by atoms with Crippen molar-refractivity contribution in [2.45, 2.75) is 39.5 Å². The van der Waals surface area contributed by atoms with Crippen LogP contribution in [-0.2, 0) is 0 Å². The van der Waals surface area contributed by atoms with Crippen molar-refractivity contribution in [3.8, 4) is 0 Å². The van der Waals surface area contributed by atoms with Crippen molar-refractivity contribution >= 4 is 6.03 Å². The first-order valence-electron chi connectivity index (χ1n) is 5.21. The molecule has 2 amide bonds. The summed E-state index contributed by atoms with van der Waals surface area (Å²) in [6.07, 6.45) is 4.50.